The highest BCUT2D eigenvalue weighted by Gasteiger charge is 2.35. The van der Waals surface area contributed by atoms with Crippen molar-refractivity contribution in [2.24, 2.45) is 0 Å². The fraction of sp³-hybridized carbons (Fsp3) is 0.111. The highest BCUT2D eigenvalue weighted by atomic mass is 79.9. The topological polar surface area (TPSA) is 55.8 Å². The number of imide groups is 1. The average Bonchev–Trinajstić information content (AvgIpc) is 3.16. The molecule has 1 saturated heterocycles. The van der Waals surface area contributed by atoms with E-state index in [1.165, 1.54) is 4.90 Å². The minimum absolute atomic E-state index is 0.138. The second-order valence-electron chi connectivity index (χ2n) is 5.62. The Bertz CT molecular complexity index is 945. The lowest BCUT2D eigenvalue weighted by Gasteiger charge is -2.12. The molecule has 2 heterocycles. The summed E-state index contributed by atoms with van der Waals surface area (Å²) in [6, 6.07) is 10.8. The molecule has 26 heavy (non-hydrogen) atoms. The van der Waals surface area contributed by atoms with Crippen molar-refractivity contribution in [2.45, 2.75) is 6.54 Å². The third-order valence-electron chi connectivity index (χ3n) is 3.91. The van der Waals surface area contributed by atoms with Gasteiger partial charge in [-0.2, -0.15) is 0 Å². The van der Waals surface area contributed by atoms with Gasteiger partial charge in [0.15, 0.2) is 11.5 Å². The van der Waals surface area contributed by atoms with Gasteiger partial charge in [0, 0.05) is 10.5 Å². The number of halogens is 2. The summed E-state index contributed by atoms with van der Waals surface area (Å²) in [4.78, 5) is 26.5. The second-order valence-corrected chi connectivity index (χ2v) is 7.94. The molecule has 0 N–H and O–H groups in total. The molecule has 2 aliphatic heterocycles. The maximum Gasteiger partial charge on any atom is 0.293 e. The summed E-state index contributed by atoms with van der Waals surface area (Å²) in [5.41, 5.74) is 1.47. The number of hydrogen-bond donors (Lipinski definition) is 0. The van der Waals surface area contributed by atoms with Crippen molar-refractivity contribution in [1.29, 1.82) is 0 Å². The number of rotatable bonds is 3. The number of carbonyl (C=O) groups excluding carboxylic acids is 2. The van der Waals surface area contributed by atoms with Crippen molar-refractivity contribution in [2.75, 3.05) is 6.79 Å². The molecule has 0 unspecified atom stereocenters. The Labute approximate surface area is 167 Å². The SMILES string of the molecule is O=C1S/C(=C\c2cc3c(cc2Cl)OCO3)C(=O)N1Cc1ccc(Br)cc1. The first-order valence-corrected chi connectivity index (χ1v) is 9.59. The van der Waals surface area contributed by atoms with Crippen LogP contribution in [-0.4, -0.2) is 22.8 Å². The van der Waals surface area contributed by atoms with E-state index < -0.39 is 0 Å². The van der Waals surface area contributed by atoms with Crippen molar-refractivity contribution in [3.63, 3.8) is 0 Å². The van der Waals surface area contributed by atoms with Gasteiger partial charge in [0.25, 0.3) is 11.1 Å². The molecule has 0 aromatic heterocycles. The summed E-state index contributed by atoms with van der Waals surface area (Å²) < 4.78 is 11.5. The van der Waals surface area contributed by atoms with Gasteiger partial charge in [0.2, 0.25) is 6.79 Å². The number of carbonyl (C=O) groups is 2. The molecule has 132 valence electrons. The van der Waals surface area contributed by atoms with Gasteiger partial charge in [-0.3, -0.25) is 14.5 Å². The van der Waals surface area contributed by atoms with E-state index in [2.05, 4.69) is 15.9 Å². The van der Waals surface area contributed by atoms with E-state index in [1.54, 1.807) is 18.2 Å². The summed E-state index contributed by atoms with van der Waals surface area (Å²) in [5.74, 6) is 0.793. The molecule has 4 rings (SSSR count). The predicted molar refractivity (Wildman–Crippen MR) is 103 cm³/mol. The summed E-state index contributed by atoms with van der Waals surface area (Å²) >= 11 is 10.5. The molecule has 5 nitrogen and oxygen atoms in total. The van der Waals surface area contributed by atoms with Gasteiger partial charge in [-0.05, 0) is 47.2 Å². The molecule has 0 radical (unpaired) electrons. The van der Waals surface area contributed by atoms with E-state index in [9.17, 15) is 9.59 Å². The first-order chi connectivity index (χ1) is 12.5. The second kappa shape index (κ2) is 6.98. The normalized spacial score (nSPS) is 17.5. The van der Waals surface area contributed by atoms with Gasteiger partial charge >= 0.3 is 0 Å². The van der Waals surface area contributed by atoms with Crippen LogP contribution in [0.15, 0.2) is 45.8 Å². The van der Waals surface area contributed by atoms with Crippen molar-refractivity contribution in [3.8, 4) is 11.5 Å². The first kappa shape index (κ1) is 17.5. The molecular weight excluding hydrogens is 442 g/mol. The molecular formula is C18H11BrClNO4S. The molecule has 2 aromatic rings. The Kier molecular flexibility index (Phi) is 4.69. The van der Waals surface area contributed by atoms with Gasteiger partial charge < -0.3 is 9.47 Å². The molecule has 0 bridgehead atoms. The van der Waals surface area contributed by atoms with Crippen LogP contribution in [0.5, 0.6) is 11.5 Å². The molecule has 0 atom stereocenters. The minimum Gasteiger partial charge on any atom is -0.454 e. The zero-order valence-electron chi connectivity index (χ0n) is 13.2. The molecule has 2 aliphatic rings. The fourth-order valence-electron chi connectivity index (χ4n) is 2.59. The predicted octanol–water partition coefficient (Wildman–Crippen LogP) is 5.07. The van der Waals surface area contributed by atoms with Crippen molar-refractivity contribution in [1.82, 2.24) is 4.90 Å². The van der Waals surface area contributed by atoms with Crippen LogP contribution in [0.25, 0.3) is 6.08 Å². The van der Waals surface area contributed by atoms with Crippen LogP contribution in [0.4, 0.5) is 4.79 Å². The minimum atomic E-state index is -0.336. The van der Waals surface area contributed by atoms with Crippen LogP contribution in [0.2, 0.25) is 5.02 Å². The lowest BCUT2D eigenvalue weighted by atomic mass is 10.1. The summed E-state index contributed by atoms with van der Waals surface area (Å²) in [6.45, 7) is 0.364. The standard InChI is InChI=1S/C18H11BrClNO4S/c19-12-3-1-10(2-4-12)8-21-17(22)16(26-18(21)23)6-11-5-14-15(7-13(11)20)25-9-24-14/h1-7H,8-9H2/b16-6-. The van der Waals surface area contributed by atoms with E-state index in [0.717, 1.165) is 21.8 Å². The van der Waals surface area contributed by atoms with E-state index in [4.69, 9.17) is 21.1 Å². The third-order valence-corrected chi connectivity index (χ3v) is 5.67. The monoisotopic (exact) mass is 451 g/mol. The lowest BCUT2D eigenvalue weighted by molar-refractivity contribution is -0.123. The van der Waals surface area contributed by atoms with Crippen molar-refractivity contribution >= 4 is 56.5 Å². The number of fused-ring (bicyclic) bond motifs is 1. The number of amides is 2. The summed E-state index contributed by atoms with van der Waals surface area (Å²) in [6.07, 6.45) is 1.61. The first-order valence-electron chi connectivity index (χ1n) is 7.60. The van der Waals surface area contributed by atoms with E-state index in [-0.39, 0.29) is 24.5 Å². The van der Waals surface area contributed by atoms with Crippen LogP contribution in [0.3, 0.4) is 0 Å². The van der Waals surface area contributed by atoms with Crippen molar-refractivity contribution in [3.05, 3.63) is 61.9 Å². The molecule has 8 heteroatoms. The highest BCUT2D eigenvalue weighted by Crippen LogP contribution is 2.40. The van der Waals surface area contributed by atoms with E-state index in [1.807, 2.05) is 24.3 Å². The number of hydrogen-bond acceptors (Lipinski definition) is 5. The number of thioether (sulfide) groups is 1. The van der Waals surface area contributed by atoms with Gasteiger partial charge in [0.1, 0.15) is 0 Å². The third kappa shape index (κ3) is 3.34. The number of benzene rings is 2. The lowest BCUT2D eigenvalue weighted by Crippen LogP contribution is -2.27. The Morgan fingerprint density at radius 3 is 2.58 bits per heavy atom. The number of nitrogens with zero attached hydrogens (tertiary/aromatic N) is 1. The molecule has 1 fully saturated rings. The Balaban J connectivity index is 1.59. The van der Waals surface area contributed by atoms with Gasteiger partial charge in [-0.1, -0.05) is 39.7 Å². The zero-order valence-corrected chi connectivity index (χ0v) is 16.4. The molecule has 0 aliphatic carbocycles. The number of ether oxygens (including phenoxy) is 2. The van der Waals surface area contributed by atoms with E-state index >= 15 is 0 Å². The zero-order chi connectivity index (χ0) is 18.3. The Morgan fingerprint density at radius 1 is 1.15 bits per heavy atom. The van der Waals surface area contributed by atoms with E-state index in [0.29, 0.717) is 27.0 Å². The van der Waals surface area contributed by atoms with Crippen LogP contribution in [0, 0.1) is 0 Å². The Hall–Kier alpha value is -1.96. The van der Waals surface area contributed by atoms with Gasteiger partial charge in [-0.25, -0.2) is 0 Å². The average molecular weight is 453 g/mol. The van der Waals surface area contributed by atoms with Gasteiger partial charge in [0.05, 0.1) is 16.5 Å². The smallest absolute Gasteiger partial charge is 0.293 e. The maximum atomic E-state index is 12.6. The Morgan fingerprint density at radius 2 is 1.85 bits per heavy atom. The van der Waals surface area contributed by atoms with Crippen molar-refractivity contribution < 1.29 is 19.1 Å². The summed E-state index contributed by atoms with van der Waals surface area (Å²) in [7, 11) is 0. The van der Waals surface area contributed by atoms with Crippen LogP contribution in [-0.2, 0) is 11.3 Å². The van der Waals surface area contributed by atoms with Gasteiger partial charge in [-0.15, -0.1) is 0 Å². The van der Waals surface area contributed by atoms with Crippen LogP contribution < -0.4 is 9.47 Å². The molecule has 2 amide bonds. The molecule has 2 aromatic carbocycles. The molecule has 0 spiro atoms. The van der Waals surface area contributed by atoms with Crippen LogP contribution >= 0.6 is 39.3 Å². The van der Waals surface area contributed by atoms with Crippen LogP contribution in [0.1, 0.15) is 11.1 Å². The quantitative estimate of drug-likeness (QED) is 0.609. The maximum absolute atomic E-state index is 12.6. The fourth-order valence-corrected chi connectivity index (χ4v) is 3.90. The summed E-state index contributed by atoms with van der Waals surface area (Å²) in [5, 5.41) is 0.120. The largest absolute Gasteiger partial charge is 0.454 e. The highest BCUT2D eigenvalue weighted by molar-refractivity contribution is 9.10. The molecule has 0 saturated carbocycles.